The van der Waals surface area contributed by atoms with Crippen molar-refractivity contribution < 1.29 is 22.8 Å². The van der Waals surface area contributed by atoms with Crippen molar-refractivity contribution in [3.05, 3.63) is 21.4 Å². The van der Waals surface area contributed by atoms with Gasteiger partial charge in [-0.1, -0.05) is 12.8 Å². The first-order valence-corrected chi connectivity index (χ1v) is 9.94. The Balaban J connectivity index is 1.53. The van der Waals surface area contributed by atoms with Gasteiger partial charge in [0.15, 0.2) is 0 Å². The van der Waals surface area contributed by atoms with E-state index in [-0.39, 0.29) is 12.8 Å². The van der Waals surface area contributed by atoms with Crippen LogP contribution in [0.4, 0.5) is 13.2 Å². The fourth-order valence-electron chi connectivity index (χ4n) is 3.79. The summed E-state index contributed by atoms with van der Waals surface area (Å²) in [5.41, 5.74) is 5.88. The maximum atomic E-state index is 12.9. The lowest BCUT2D eigenvalue weighted by molar-refractivity contribution is -0.186. The number of halogens is 3. The Morgan fingerprint density at radius 2 is 1.81 bits per heavy atom. The number of nitrogens with one attached hydrogen (secondary N) is 2. The molecule has 1 heterocycles. The molecule has 0 aromatic carbocycles. The Hall–Kier alpha value is -1.57. The largest absolute Gasteiger partial charge is 0.391 e. The third-order valence-corrected chi connectivity index (χ3v) is 6.51. The van der Waals surface area contributed by atoms with Crippen LogP contribution >= 0.6 is 11.3 Å². The Labute approximate surface area is 154 Å². The summed E-state index contributed by atoms with van der Waals surface area (Å²) in [6, 6.07) is 1.87. The number of hydrogen-bond acceptors (Lipinski definition) is 3. The number of carbonyl (C=O) groups excluding carboxylic acids is 2. The summed E-state index contributed by atoms with van der Waals surface area (Å²) in [5, 5.41) is 0. The average Bonchev–Trinajstić information content (AvgIpc) is 2.89. The summed E-state index contributed by atoms with van der Waals surface area (Å²) in [6.07, 6.45) is 1.74. The van der Waals surface area contributed by atoms with Gasteiger partial charge in [0.2, 0.25) is 5.91 Å². The normalized spacial score (nSPS) is 23.7. The van der Waals surface area contributed by atoms with Gasteiger partial charge in [-0.25, -0.2) is 0 Å². The molecule has 1 fully saturated rings. The second-order valence-electron chi connectivity index (χ2n) is 7.17. The molecular weight excluding hydrogens is 365 g/mol. The topological polar surface area (TPSA) is 58.2 Å². The molecule has 8 heteroatoms. The van der Waals surface area contributed by atoms with Crippen LogP contribution in [0.5, 0.6) is 0 Å². The number of rotatable bonds is 2. The molecule has 144 valence electrons. The van der Waals surface area contributed by atoms with Crippen molar-refractivity contribution in [2.75, 3.05) is 0 Å². The molecule has 3 rings (SSSR count). The standard InChI is InChI=1S/C18H23F3N2O2S/c19-18(20,21)13-7-4-6-12(9-13)16(24)22-23-17(25)15-10-11-5-2-1-3-8-14(11)26-15/h10,12-13H,1-9H2,(H,22,24)(H,23,25). The zero-order valence-electron chi connectivity index (χ0n) is 14.5. The van der Waals surface area contributed by atoms with Gasteiger partial charge in [0.05, 0.1) is 10.8 Å². The minimum absolute atomic E-state index is 0.0698. The molecule has 1 saturated carbocycles. The van der Waals surface area contributed by atoms with Crippen LogP contribution in [0.1, 0.15) is 65.1 Å². The molecule has 1 aromatic heterocycles. The first-order chi connectivity index (χ1) is 12.3. The van der Waals surface area contributed by atoms with Crippen LogP contribution in [-0.2, 0) is 17.6 Å². The van der Waals surface area contributed by atoms with Gasteiger partial charge < -0.3 is 0 Å². The molecule has 2 aliphatic carbocycles. The van der Waals surface area contributed by atoms with Gasteiger partial charge in [0.25, 0.3) is 5.91 Å². The van der Waals surface area contributed by atoms with Crippen LogP contribution in [0.25, 0.3) is 0 Å². The van der Waals surface area contributed by atoms with E-state index >= 15 is 0 Å². The van der Waals surface area contributed by atoms with Crippen LogP contribution in [0.15, 0.2) is 6.07 Å². The van der Waals surface area contributed by atoms with Gasteiger partial charge in [-0.15, -0.1) is 11.3 Å². The Morgan fingerprint density at radius 1 is 1.04 bits per heavy atom. The van der Waals surface area contributed by atoms with Gasteiger partial charge >= 0.3 is 6.18 Å². The molecular formula is C18H23F3N2O2S. The summed E-state index contributed by atoms with van der Waals surface area (Å²) >= 11 is 1.44. The van der Waals surface area contributed by atoms with Gasteiger partial charge in [0.1, 0.15) is 0 Å². The highest BCUT2D eigenvalue weighted by Crippen LogP contribution is 2.39. The van der Waals surface area contributed by atoms with E-state index in [0.717, 1.165) is 25.7 Å². The van der Waals surface area contributed by atoms with Crippen molar-refractivity contribution in [3.8, 4) is 0 Å². The molecule has 2 atom stereocenters. The molecule has 4 nitrogen and oxygen atoms in total. The van der Waals surface area contributed by atoms with E-state index in [0.29, 0.717) is 17.7 Å². The minimum atomic E-state index is -4.27. The fraction of sp³-hybridized carbons (Fsp3) is 0.667. The Kier molecular flexibility index (Phi) is 5.89. The molecule has 26 heavy (non-hydrogen) atoms. The Morgan fingerprint density at radius 3 is 2.58 bits per heavy atom. The number of hydrazine groups is 1. The summed E-state index contributed by atoms with van der Waals surface area (Å²) in [6.45, 7) is 0. The summed E-state index contributed by atoms with van der Waals surface area (Å²) < 4.78 is 38.6. The number of hydrogen-bond donors (Lipinski definition) is 2. The molecule has 0 bridgehead atoms. The van der Waals surface area contributed by atoms with Crippen molar-refractivity contribution in [2.45, 2.75) is 64.0 Å². The molecule has 2 unspecified atom stereocenters. The maximum Gasteiger partial charge on any atom is 0.391 e. The van der Waals surface area contributed by atoms with Gasteiger partial charge in [-0.3, -0.25) is 20.4 Å². The summed E-state index contributed by atoms with van der Waals surface area (Å²) in [7, 11) is 0. The number of fused-ring (bicyclic) bond motifs is 1. The molecule has 0 spiro atoms. The Bertz CT molecular complexity index is 648. The monoisotopic (exact) mass is 388 g/mol. The SMILES string of the molecule is O=C(NNC(=O)C1CCCC(C(F)(F)F)C1)c1cc2c(s1)CCCCC2. The van der Waals surface area contributed by atoms with Crippen LogP contribution in [0.2, 0.25) is 0 Å². The molecule has 1 aromatic rings. The molecule has 0 aliphatic heterocycles. The van der Waals surface area contributed by atoms with E-state index in [9.17, 15) is 22.8 Å². The van der Waals surface area contributed by atoms with Crippen molar-refractivity contribution in [2.24, 2.45) is 11.8 Å². The van der Waals surface area contributed by atoms with E-state index < -0.39 is 29.8 Å². The number of amides is 2. The molecule has 2 aliphatic rings. The highest BCUT2D eigenvalue weighted by molar-refractivity contribution is 7.14. The van der Waals surface area contributed by atoms with Crippen LogP contribution in [0.3, 0.4) is 0 Å². The van der Waals surface area contributed by atoms with Crippen molar-refractivity contribution in [3.63, 3.8) is 0 Å². The van der Waals surface area contributed by atoms with Gasteiger partial charge in [0, 0.05) is 10.8 Å². The smallest absolute Gasteiger partial charge is 0.273 e. The average molecular weight is 388 g/mol. The van der Waals surface area contributed by atoms with Crippen LogP contribution in [0, 0.1) is 11.8 Å². The lowest BCUT2D eigenvalue weighted by Crippen LogP contribution is -2.46. The van der Waals surface area contributed by atoms with E-state index in [1.165, 1.54) is 28.2 Å². The molecule has 0 saturated heterocycles. The van der Waals surface area contributed by atoms with E-state index in [4.69, 9.17) is 0 Å². The molecule has 0 radical (unpaired) electrons. The zero-order valence-corrected chi connectivity index (χ0v) is 15.3. The first-order valence-electron chi connectivity index (χ1n) is 9.13. The van der Waals surface area contributed by atoms with E-state index in [1.54, 1.807) is 0 Å². The minimum Gasteiger partial charge on any atom is -0.273 e. The second kappa shape index (κ2) is 7.98. The van der Waals surface area contributed by atoms with E-state index in [2.05, 4.69) is 10.9 Å². The van der Waals surface area contributed by atoms with Crippen LogP contribution < -0.4 is 10.9 Å². The first kappa shape index (κ1) is 19.2. The predicted molar refractivity (Wildman–Crippen MR) is 92.7 cm³/mol. The number of carbonyl (C=O) groups is 2. The third kappa shape index (κ3) is 4.58. The van der Waals surface area contributed by atoms with Gasteiger partial charge in [-0.2, -0.15) is 13.2 Å². The number of alkyl halides is 3. The fourth-order valence-corrected chi connectivity index (χ4v) is 4.94. The number of aryl methyl sites for hydroxylation is 2. The van der Waals surface area contributed by atoms with Crippen molar-refractivity contribution in [1.29, 1.82) is 0 Å². The van der Waals surface area contributed by atoms with Crippen molar-refractivity contribution in [1.82, 2.24) is 10.9 Å². The maximum absolute atomic E-state index is 12.9. The zero-order chi connectivity index (χ0) is 18.7. The quantitative estimate of drug-likeness (QED) is 0.591. The second-order valence-corrected chi connectivity index (χ2v) is 8.30. The molecule has 2 amide bonds. The third-order valence-electron chi connectivity index (χ3n) is 5.28. The van der Waals surface area contributed by atoms with Crippen molar-refractivity contribution >= 4 is 23.2 Å². The molecule has 2 N–H and O–H groups in total. The van der Waals surface area contributed by atoms with Crippen LogP contribution in [-0.4, -0.2) is 18.0 Å². The highest BCUT2D eigenvalue weighted by atomic mass is 32.1. The van der Waals surface area contributed by atoms with Gasteiger partial charge in [-0.05, 0) is 56.6 Å². The highest BCUT2D eigenvalue weighted by Gasteiger charge is 2.43. The number of thiophene rings is 1. The lowest BCUT2D eigenvalue weighted by atomic mass is 9.80. The predicted octanol–water partition coefficient (Wildman–Crippen LogP) is 4.15. The van der Waals surface area contributed by atoms with E-state index in [1.807, 2.05) is 6.07 Å². The lowest BCUT2D eigenvalue weighted by Gasteiger charge is -2.29. The summed E-state index contributed by atoms with van der Waals surface area (Å²) in [4.78, 5) is 26.2. The summed E-state index contributed by atoms with van der Waals surface area (Å²) in [5.74, 6) is -3.09.